The molecule has 0 spiro atoms. The zero-order valence-corrected chi connectivity index (χ0v) is 50.5. The van der Waals surface area contributed by atoms with Gasteiger partial charge in [-0.3, -0.25) is 0 Å². The van der Waals surface area contributed by atoms with E-state index in [4.69, 9.17) is 4.42 Å². The van der Waals surface area contributed by atoms with Gasteiger partial charge in [-0.15, -0.1) is 0 Å². The number of hydrogen-bond acceptors (Lipinski definition) is 3. The third-order valence-electron chi connectivity index (χ3n) is 17.0. The van der Waals surface area contributed by atoms with E-state index in [9.17, 15) is 0 Å². The number of rotatable bonds is 4. The number of aromatic nitrogens is 1. The first kappa shape index (κ1) is 52.6. The van der Waals surface area contributed by atoms with Gasteiger partial charge in [0.25, 0.3) is 0 Å². The molecule has 4 heterocycles. The van der Waals surface area contributed by atoms with Crippen molar-refractivity contribution < 1.29 is 4.42 Å². The van der Waals surface area contributed by atoms with E-state index in [2.05, 4.69) is 287 Å². The summed E-state index contributed by atoms with van der Waals surface area (Å²) in [6, 6.07) is 50.2. The molecule has 4 nitrogen and oxygen atoms in total. The first-order valence-corrected chi connectivity index (χ1v) is 28.4. The fourth-order valence-electron chi connectivity index (χ4n) is 12.2. The molecule has 11 rings (SSSR count). The molecule has 0 saturated carbocycles. The molecule has 2 aromatic heterocycles. The fourth-order valence-corrected chi connectivity index (χ4v) is 12.2. The second-order valence-corrected chi connectivity index (χ2v) is 30.1. The average molecular weight is 1020 g/mol. The maximum atomic E-state index is 7.69. The van der Waals surface area contributed by atoms with E-state index in [0.29, 0.717) is 0 Å². The highest BCUT2D eigenvalue weighted by molar-refractivity contribution is 6.93. The van der Waals surface area contributed by atoms with E-state index < -0.39 is 0 Å². The molecule has 0 saturated heterocycles. The van der Waals surface area contributed by atoms with Crippen LogP contribution in [0.15, 0.2) is 132 Å². The Balaban J connectivity index is 1.27. The Labute approximate surface area is 462 Å². The second-order valence-electron chi connectivity index (χ2n) is 30.1. The first-order chi connectivity index (χ1) is 35.6. The summed E-state index contributed by atoms with van der Waals surface area (Å²) in [6.45, 7) is 48.7. The Morgan fingerprint density at radius 1 is 0.403 bits per heavy atom. The number of fused-ring (bicyclic) bond motifs is 9. The summed E-state index contributed by atoms with van der Waals surface area (Å²) in [5.74, 6) is 0.918. The Morgan fingerprint density at radius 2 is 0.857 bits per heavy atom. The summed E-state index contributed by atoms with van der Waals surface area (Å²) in [7, 11) is 0. The fraction of sp³-hybridized carbons (Fsp3) is 0.389. The van der Waals surface area contributed by atoms with Crippen molar-refractivity contribution in [3.63, 3.8) is 0 Å². The largest absolute Gasteiger partial charge is 0.440 e. The molecule has 0 atom stereocenters. The summed E-state index contributed by atoms with van der Waals surface area (Å²) >= 11 is 0. The van der Waals surface area contributed by atoms with Gasteiger partial charge < -0.3 is 18.7 Å². The lowest BCUT2D eigenvalue weighted by atomic mass is 9.43. The quantitative estimate of drug-likeness (QED) is 0.164. The van der Waals surface area contributed by atoms with Crippen LogP contribution in [0.4, 0.5) is 28.6 Å². The molecular weight excluding hydrogens is 934 g/mol. The lowest BCUT2D eigenvalue weighted by molar-refractivity contribution is 0.552. The van der Waals surface area contributed by atoms with E-state index in [1.54, 1.807) is 0 Å². The lowest BCUT2D eigenvalue weighted by Crippen LogP contribution is -2.60. The molecule has 5 heteroatoms. The molecule has 0 radical (unpaired) electrons. The van der Waals surface area contributed by atoms with E-state index >= 15 is 0 Å². The summed E-state index contributed by atoms with van der Waals surface area (Å²) in [4.78, 5) is 5.05. The van der Waals surface area contributed by atoms with Gasteiger partial charge in [-0.05, 0) is 161 Å². The molecule has 2 aliphatic rings. The molecule has 0 fully saturated rings. The summed E-state index contributed by atoms with van der Waals surface area (Å²) < 4.78 is 10.3. The number of hydrogen-bond donors (Lipinski definition) is 0. The Kier molecular flexibility index (Phi) is 11.6. The molecule has 0 aliphatic carbocycles. The SMILES string of the molecule is CC(C)(C)c1ccc(N2B3c4c(cc(C(C)(C)C)cc4-n4c5ccc(N(c6ccc(C(C)(C)C)cc6)c6ccc(C(C)(C)C)cc6)cc5c5cc(C(C)(C)C)cc3c54)-c3c2oc2c(C(C)(C)C)cc(C(C)(C)C)cc32)cc1. The van der Waals surface area contributed by atoms with Crippen LogP contribution in [0, 0.1) is 0 Å². The molecule has 396 valence electrons. The third-order valence-corrected chi connectivity index (χ3v) is 17.0. The van der Waals surface area contributed by atoms with Crippen LogP contribution in [-0.4, -0.2) is 11.4 Å². The van der Waals surface area contributed by atoms with Gasteiger partial charge in [0.05, 0.1) is 16.6 Å². The van der Waals surface area contributed by atoms with Crippen LogP contribution in [0.5, 0.6) is 0 Å². The van der Waals surface area contributed by atoms with Crippen LogP contribution in [0.25, 0.3) is 49.6 Å². The maximum absolute atomic E-state index is 7.69. The minimum Gasteiger partial charge on any atom is -0.440 e. The smallest absolute Gasteiger partial charge is 0.336 e. The van der Waals surface area contributed by atoms with Crippen LogP contribution in [0.1, 0.15) is 184 Å². The number of benzene rings is 7. The molecule has 0 N–H and O–H groups in total. The molecule has 0 bridgehead atoms. The van der Waals surface area contributed by atoms with Crippen molar-refractivity contribution in [1.82, 2.24) is 4.57 Å². The molecule has 77 heavy (non-hydrogen) atoms. The Morgan fingerprint density at radius 3 is 1.35 bits per heavy atom. The minimum atomic E-state index is -0.192. The van der Waals surface area contributed by atoms with Gasteiger partial charge in [0.1, 0.15) is 5.58 Å². The van der Waals surface area contributed by atoms with E-state index in [0.717, 1.165) is 34.2 Å². The van der Waals surface area contributed by atoms with Crippen LogP contribution in [0.2, 0.25) is 0 Å². The summed E-state index contributed by atoms with van der Waals surface area (Å²) in [5, 5.41) is 3.70. The van der Waals surface area contributed by atoms with Crippen LogP contribution in [-0.2, 0) is 37.9 Å². The van der Waals surface area contributed by atoms with Gasteiger partial charge in [-0.1, -0.05) is 200 Å². The van der Waals surface area contributed by atoms with Crippen LogP contribution >= 0.6 is 0 Å². The highest BCUT2D eigenvalue weighted by Crippen LogP contribution is 2.53. The normalized spacial score (nSPS) is 14.2. The van der Waals surface area contributed by atoms with Crippen molar-refractivity contribution in [3.05, 3.63) is 166 Å². The zero-order chi connectivity index (χ0) is 55.6. The number of anilines is 5. The van der Waals surface area contributed by atoms with Crippen molar-refractivity contribution in [3.8, 4) is 16.8 Å². The van der Waals surface area contributed by atoms with E-state index in [1.165, 1.54) is 93.9 Å². The second kappa shape index (κ2) is 17.0. The van der Waals surface area contributed by atoms with Crippen LogP contribution < -0.4 is 20.6 Å². The maximum Gasteiger partial charge on any atom is 0.336 e. The van der Waals surface area contributed by atoms with E-state index in [1.807, 2.05) is 0 Å². The summed E-state index contributed by atoms with van der Waals surface area (Å²) in [5.41, 5.74) is 23.0. The lowest BCUT2D eigenvalue weighted by Gasteiger charge is -2.41. The van der Waals surface area contributed by atoms with Gasteiger partial charge in [0, 0.05) is 50.2 Å². The monoisotopic (exact) mass is 1020 g/mol. The molecule has 0 unspecified atom stereocenters. The first-order valence-electron chi connectivity index (χ1n) is 28.4. The molecule has 7 aromatic carbocycles. The minimum absolute atomic E-state index is 0.00177. The highest BCUT2D eigenvalue weighted by atomic mass is 16.4. The predicted molar refractivity (Wildman–Crippen MR) is 335 cm³/mol. The van der Waals surface area contributed by atoms with Crippen molar-refractivity contribution in [2.75, 3.05) is 9.71 Å². The van der Waals surface area contributed by atoms with Crippen molar-refractivity contribution in [1.29, 1.82) is 0 Å². The molecule has 0 amide bonds. The van der Waals surface area contributed by atoms with Gasteiger partial charge in [0.2, 0.25) is 0 Å². The molecule has 2 aliphatic heterocycles. The molecular formula is C72H84BN3O. The third kappa shape index (κ3) is 8.74. The van der Waals surface area contributed by atoms with Gasteiger partial charge >= 0.3 is 6.85 Å². The van der Waals surface area contributed by atoms with Gasteiger partial charge in [-0.25, -0.2) is 0 Å². The predicted octanol–water partition coefficient (Wildman–Crippen LogP) is 19.3. The van der Waals surface area contributed by atoms with Crippen molar-refractivity contribution in [2.24, 2.45) is 0 Å². The topological polar surface area (TPSA) is 24.6 Å². The highest BCUT2D eigenvalue weighted by Gasteiger charge is 2.48. The zero-order valence-electron chi connectivity index (χ0n) is 50.5. The number of furan rings is 1. The molecule has 9 aromatic rings. The Bertz CT molecular complexity index is 3760. The van der Waals surface area contributed by atoms with Crippen molar-refractivity contribution in [2.45, 2.75) is 183 Å². The van der Waals surface area contributed by atoms with E-state index in [-0.39, 0.29) is 44.8 Å². The van der Waals surface area contributed by atoms with Gasteiger partial charge in [-0.2, -0.15) is 0 Å². The van der Waals surface area contributed by atoms with Crippen molar-refractivity contribution >= 4 is 79.2 Å². The summed E-state index contributed by atoms with van der Waals surface area (Å²) in [6.07, 6.45) is 0. The Hall–Kier alpha value is -6.46. The standard InChI is InChI=1S/C72H84BN3O/c1-66(2,3)43-22-28-49(29-23-43)74(50-30-24-44(25-31-50)67(4,5)6)52-34-35-59-53(42-52)54-36-47(70(13,14)15)40-58-63(54)75(59)60-41-48(71(16,17)18)37-55-61-56-38-46(69(10,11)12)39-57(72(19,20)21)64(56)77-65(61)76(73(58)62(55)60)51-32-26-45(27-33-51)68(7,8)9/h22-42H,1-21H3. The van der Waals surface area contributed by atoms with Crippen LogP contribution in [0.3, 0.4) is 0 Å². The number of nitrogens with zero attached hydrogens (tertiary/aromatic N) is 3. The average Bonchev–Trinajstić information content (AvgIpc) is 3.91. The van der Waals surface area contributed by atoms with Gasteiger partial charge in [0.15, 0.2) is 5.88 Å².